The van der Waals surface area contributed by atoms with Crippen molar-refractivity contribution in [2.45, 2.75) is 18.0 Å². The van der Waals surface area contributed by atoms with Gasteiger partial charge in [-0.05, 0) is 25.1 Å². The van der Waals surface area contributed by atoms with Crippen LogP contribution in [0.3, 0.4) is 0 Å². The molecule has 0 aliphatic carbocycles. The number of thiol groups is 1. The zero-order valence-corrected chi connectivity index (χ0v) is 9.73. The summed E-state index contributed by atoms with van der Waals surface area (Å²) in [5.74, 6) is 0. The fraction of sp³-hybridized carbons (Fsp3) is 0.300. The molecule has 0 aliphatic heterocycles. The second kappa shape index (κ2) is 5.31. The number of anilines is 1. The topological polar surface area (TPSA) is 38.3 Å². The Morgan fingerprint density at radius 2 is 2.12 bits per heavy atom. The van der Waals surface area contributed by atoms with Crippen LogP contribution < -0.4 is 5.32 Å². The third-order valence-corrected chi connectivity index (χ3v) is 2.21. The van der Waals surface area contributed by atoms with Gasteiger partial charge < -0.3 is 4.74 Å². The predicted octanol–water partition coefficient (Wildman–Crippen LogP) is 3.56. The number of carbonyl (C=O) groups is 1. The molecule has 0 spiro atoms. The molecule has 0 atom stereocenters. The molecule has 0 heterocycles. The number of nitrogens with one attached hydrogen (secondary N) is 1. The first kappa shape index (κ1) is 13.7. The molecule has 0 saturated carbocycles. The Hall–Kier alpha value is -1.37. The molecule has 0 fully saturated rings. The zero-order valence-electron chi connectivity index (χ0n) is 8.84. The van der Waals surface area contributed by atoms with Crippen LogP contribution in [0.5, 0.6) is 0 Å². The van der Waals surface area contributed by atoms with Crippen LogP contribution in [0.1, 0.15) is 12.5 Å². The van der Waals surface area contributed by atoms with Crippen molar-refractivity contribution >= 4 is 24.4 Å². The third-order valence-electron chi connectivity index (χ3n) is 1.82. The van der Waals surface area contributed by atoms with Gasteiger partial charge >= 0.3 is 12.3 Å². The summed E-state index contributed by atoms with van der Waals surface area (Å²) < 4.78 is 42.1. The van der Waals surface area contributed by atoms with Gasteiger partial charge in [-0.1, -0.05) is 0 Å². The van der Waals surface area contributed by atoms with Crippen LogP contribution in [0.2, 0.25) is 0 Å². The molecule has 1 rings (SSSR count). The molecule has 17 heavy (non-hydrogen) atoms. The number of hydrogen-bond acceptors (Lipinski definition) is 3. The monoisotopic (exact) mass is 265 g/mol. The van der Waals surface area contributed by atoms with Gasteiger partial charge in [0.1, 0.15) is 0 Å². The van der Waals surface area contributed by atoms with Crippen molar-refractivity contribution in [3.63, 3.8) is 0 Å². The lowest BCUT2D eigenvalue weighted by molar-refractivity contribution is -0.139. The van der Waals surface area contributed by atoms with Gasteiger partial charge in [-0.2, -0.15) is 13.2 Å². The Morgan fingerprint density at radius 3 is 2.65 bits per heavy atom. The van der Waals surface area contributed by atoms with E-state index in [2.05, 4.69) is 22.7 Å². The normalized spacial score (nSPS) is 11.1. The van der Waals surface area contributed by atoms with E-state index < -0.39 is 17.8 Å². The van der Waals surface area contributed by atoms with Crippen molar-refractivity contribution in [1.29, 1.82) is 0 Å². The molecule has 1 aromatic rings. The number of benzene rings is 1. The second-order valence-electron chi connectivity index (χ2n) is 3.08. The van der Waals surface area contributed by atoms with E-state index in [1.54, 1.807) is 6.92 Å². The summed E-state index contributed by atoms with van der Waals surface area (Å²) >= 11 is 3.71. The molecular weight excluding hydrogens is 255 g/mol. The summed E-state index contributed by atoms with van der Waals surface area (Å²) in [6.45, 7) is 1.74. The van der Waals surface area contributed by atoms with Gasteiger partial charge in [-0.25, -0.2) is 4.79 Å². The van der Waals surface area contributed by atoms with E-state index in [0.29, 0.717) is 0 Å². The van der Waals surface area contributed by atoms with Crippen molar-refractivity contribution in [3.8, 4) is 0 Å². The van der Waals surface area contributed by atoms with Gasteiger partial charge in [-0.3, -0.25) is 5.32 Å². The maximum absolute atomic E-state index is 12.5. The zero-order chi connectivity index (χ0) is 13.1. The molecule has 0 radical (unpaired) electrons. The van der Waals surface area contributed by atoms with E-state index in [9.17, 15) is 18.0 Å². The quantitative estimate of drug-likeness (QED) is 0.802. The van der Waals surface area contributed by atoms with E-state index in [1.165, 1.54) is 6.07 Å². The molecule has 1 N–H and O–H groups in total. The Morgan fingerprint density at radius 1 is 1.47 bits per heavy atom. The number of amides is 1. The Labute approximate surface area is 101 Å². The molecule has 0 unspecified atom stereocenters. The average molecular weight is 265 g/mol. The molecule has 94 valence electrons. The maximum atomic E-state index is 12.5. The molecule has 0 bridgehead atoms. The van der Waals surface area contributed by atoms with Crippen LogP contribution >= 0.6 is 12.6 Å². The first-order chi connectivity index (χ1) is 7.84. The summed E-state index contributed by atoms with van der Waals surface area (Å²) in [7, 11) is 0. The van der Waals surface area contributed by atoms with Gasteiger partial charge in [0.25, 0.3) is 0 Å². The van der Waals surface area contributed by atoms with Crippen molar-refractivity contribution in [1.82, 2.24) is 0 Å². The minimum Gasteiger partial charge on any atom is -0.450 e. The summed E-state index contributed by atoms with van der Waals surface area (Å²) in [6.07, 6.45) is -5.31. The summed E-state index contributed by atoms with van der Waals surface area (Å²) in [4.78, 5) is 10.8. The van der Waals surface area contributed by atoms with Crippen LogP contribution in [-0.4, -0.2) is 12.7 Å². The van der Waals surface area contributed by atoms with E-state index in [4.69, 9.17) is 0 Å². The standard InChI is InChI=1S/C10H10F3NO2S/c1-2-16-9(15)14-6-3-4-8(17)7(5-6)10(11,12)13/h3-5,17H,2H2,1H3,(H,14,15). The minimum atomic E-state index is -4.51. The molecule has 0 aromatic heterocycles. The minimum absolute atomic E-state index is 0.00794. The highest BCUT2D eigenvalue weighted by Crippen LogP contribution is 2.35. The van der Waals surface area contributed by atoms with E-state index in [1.807, 2.05) is 0 Å². The second-order valence-corrected chi connectivity index (χ2v) is 3.56. The molecule has 7 heteroatoms. The molecule has 1 amide bonds. The Balaban J connectivity index is 2.93. The van der Waals surface area contributed by atoms with Crippen LogP contribution in [0.15, 0.2) is 23.1 Å². The molecule has 0 saturated heterocycles. The number of rotatable bonds is 2. The SMILES string of the molecule is CCOC(=O)Nc1ccc(S)c(C(F)(F)F)c1. The smallest absolute Gasteiger partial charge is 0.417 e. The van der Waals surface area contributed by atoms with Gasteiger partial charge in [0.15, 0.2) is 0 Å². The fourth-order valence-corrected chi connectivity index (χ4v) is 1.39. The van der Waals surface area contributed by atoms with Crippen LogP contribution in [-0.2, 0) is 10.9 Å². The first-order valence-electron chi connectivity index (χ1n) is 4.68. The summed E-state index contributed by atoms with van der Waals surface area (Å²) in [5, 5.41) is 2.19. The fourth-order valence-electron chi connectivity index (χ4n) is 1.13. The van der Waals surface area contributed by atoms with Crippen molar-refractivity contribution in [2.24, 2.45) is 0 Å². The Kier molecular flexibility index (Phi) is 4.28. The van der Waals surface area contributed by atoms with Crippen molar-refractivity contribution < 1.29 is 22.7 Å². The highest BCUT2D eigenvalue weighted by molar-refractivity contribution is 7.80. The molecule has 3 nitrogen and oxygen atoms in total. The largest absolute Gasteiger partial charge is 0.450 e. The number of alkyl halides is 3. The predicted molar refractivity (Wildman–Crippen MR) is 59.3 cm³/mol. The lowest BCUT2D eigenvalue weighted by Crippen LogP contribution is -2.14. The van der Waals surface area contributed by atoms with Crippen molar-refractivity contribution in [2.75, 3.05) is 11.9 Å². The van der Waals surface area contributed by atoms with E-state index >= 15 is 0 Å². The van der Waals surface area contributed by atoms with E-state index in [-0.39, 0.29) is 17.2 Å². The number of hydrogen-bond donors (Lipinski definition) is 2. The van der Waals surface area contributed by atoms with E-state index in [0.717, 1.165) is 12.1 Å². The van der Waals surface area contributed by atoms with Crippen LogP contribution in [0.4, 0.5) is 23.7 Å². The molecule has 0 aliphatic rings. The first-order valence-corrected chi connectivity index (χ1v) is 5.13. The Bertz CT molecular complexity index is 421. The average Bonchev–Trinajstić information content (AvgIpc) is 2.19. The number of halogens is 3. The van der Waals surface area contributed by atoms with Crippen LogP contribution in [0.25, 0.3) is 0 Å². The molecular formula is C10H10F3NO2S. The highest BCUT2D eigenvalue weighted by atomic mass is 32.1. The number of carbonyl (C=O) groups excluding carboxylic acids is 1. The summed E-state index contributed by atoms with van der Waals surface area (Å²) in [5.41, 5.74) is -0.899. The van der Waals surface area contributed by atoms with Gasteiger partial charge in [0.05, 0.1) is 12.2 Å². The lowest BCUT2D eigenvalue weighted by atomic mass is 10.2. The van der Waals surface area contributed by atoms with Crippen LogP contribution in [0, 0.1) is 0 Å². The van der Waals surface area contributed by atoms with Gasteiger partial charge in [-0.15, -0.1) is 12.6 Å². The maximum Gasteiger partial charge on any atom is 0.417 e. The third kappa shape index (κ3) is 3.85. The lowest BCUT2D eigenvalue weighted by Gasteiger charge is -2.12. The summed E-state index contributed by atoms with van der Waals surface area (Å²) in [6, 6.07) is 3.28. The van der Waals surface area contributed by atoms with Crippen molar-refractivity contribution in [3.05, 3.63) is 23.8 Å². The highest BCUT2D eigenvalue weighted by Gasteiger charge is 2.33. The van der Waals surface area contributed by atoms with Gasteiger partial charge in [0, 0.05) is 10.6 Å². The van der Waals surface area contributed by atoms with Gasteiger partial charge in [0.2, 0.25) is 0 Å². The number of ether oxygens (including phenoxy) is 1. The molecule has 1 aromatic carbocycles.